The topological polar surface area (TPSA) is 98.7 Å². The molecule has 9 heteroatoms. The van der Waals surface area contributed by atoms with E-state index in [0.29, 0.717) is 48.9 Å². The lowest BCUT2D eigenvalue weighted by molar-refractivity contribution is 0.0609. The second kappa shape index (κ2) is 7.50. The number of fused-ring (bicyclic) bond motifs is 1. The fraction of sp³-hybridized carbons (Fsp3) is 0.350. The number of piperazine rings is 1. The highest BCUT2D eigenvalue weighted by Crippen LogP contribution is 2.27. The third-order valence-electron chi connectivity index (χ3n) is 5.09. The van der Waals surface area contributed by atoms with Crippen LogP contribution in [0.15, 0.2) is 36.7 Å². The van der Waals surface area contributed by atoms with Crippen molar-refractivity contribution in [3.63, 3.8) is 0 Å². The Labute approximate surface area is 168 Å². The van der Waals surface area contributed by atoms with Crippen molar-refractivity contribution in [3.8, 4) is 0 Å². The molecule has 0 bridgehead atoms. The van der Waals surface area contributed by atoms with Gasteiger partial charge in [-0.1, -0.05) is 0 Å². The molecule has 2 aromatic rings. The highest BCUT2D eigenvalue weighted by atomic mass is 16.2. The summed E-state index contributed by atoms with van der Waals surface area (Å²) in [5.41, 5.74) is 1.19. The van der Waals surface area contributed by atoms with Crippen LogP contribution < -0.4 is 10.2 Å². The summed E-state index contributed by atoms with van der Waals surface area (Å²) in [6.45, 7) is 5.94. The van der Waals surface area contributed by atoms with E-state index in [2.05, 4.69) is 15.3 Å². The lowest BCUT2D eigenvalue weighted by Gasteiger charge is -2.34. The molecule has 1 saturated heterocycles. The highest BCUT2D eigenvalue weighted by Gasteiger charge is 2.37. The number of hydrogen-bond donors (Lipinski definition) is 1. The van der Waals surface area contributed by atoms with Gasteiger partial charge in [-0.05, 0) is 38.1 Å². The maximum atomic E-state index is 12.6. The Morgan fingerprint density at radius 1 is 1.00 bits per heavy atom. The highest BCUT2D eigenvalue weighted by molar-refractivity contribution is 6.22. The molecule has 1 aromatic heterocycles. The molecule has 0 spiro atoms. The molecular formula is C20H22N6O3. The van der Waals surface area contributed by atoms with Crippen molar-refractivity contribution in [2.75, 3.05) is 36.4 Å². The fourth-order valence-electron chi connectivity index (χ4n) is 3.57. The number of amides is 4. The molecule has 1 fully saturated rings. The van der Waals surface area contributed by atoms with Crippen LogP contribution in [0.1, 0.15) is 34.6 Å². The number of anilines is 2. The third kappa shape index (κ3) is 3.51. The summed E-state index contributed by atoms with van der Waals surface area (Å²) in [6, 6.07) is 6.13. The maximum Gasteiger partial charge on any atom is 0.321 e. The minimum atomic E-state index is -0.326. The van der Waals surface area contributed by atoms with Crippen molar-refractivity contribution in [1.29, 1.82) is 0 Å². The van der Waals surface area contributed by atoms with E-state index in [1.807, 2.05) is 4.90 Å². The van der Waals surface area contributed by atoms with Gasteiger partial charge in [-0.25, -0.2) is 14.8 Å². The van der Waals surface area contributed by atoms with Gasteiger partial charge >= 0.3 is 6.03 Å². The molecule has 29 heavy (non-hydrogen) atoms. The number of benzene rings is 1. The van der Waals surface area contributed by atoms with Gasteiger partial charge < -0.3 is 15.1 Å². The Bertz CT molecular complexity index is 954. The lowest BCUT2D eigenvalue weighted by atomic mass is 10.1. The average Bonchev–Trinajstić information content (AvgIpc) is 2.98. The average molecular weight is 394 g/mol. The number of urea groups is 1. The predicted octanol–water partition coefficient (Wildman–Crippen LogP) is 1.84. The number of aromatic nitrogens is 2. The molecule has 0 atom stereocenters. The van der Waals surface area contributed by atoms with Crippen molar-refractivity contribution in [2.24, 2.45) is 0 Å². The van der Waals surface area contributed by atoms with Crippen LogP contribution in [0.3, 0.4) is 0 Å². The minimum Gasteiger partial charge on any atom is -0.337 e. The van der Waals surface area contributed by atoms with E-state index in [9.17, 15) is 14.4 Å². The van der Waals surface area contributed by atoms with Crippen LogP contribution in [0.5, 0.6) is 0 Å². The first-order valence-corrected chi connectivity index (χ1v) is 9.55. The van der Waals surface area contributed by atoms with E-state index in [4.69, 9.17) is 0 Å². The molecule has 1 N–H and O–H groups in total. The van der Waals surface area contributed by atoms with Crippen molar-refractivity contribution >= 4 is 29.5 Å². The number of carbonyl (C=O) groups is 3. The minimum absolute atomic E-state index is 0.217. The largest absolute Gasteiger partial charge is 0.337 e. The van der Waals surface area contributed by atoms with E-state index < -0.39 is 0 Å². The van der Waals surface area contributed by atoms with Crippen LogP contribution in [0.2, 0.25) is 0 Å². The Hall–Kier alpha value is -3.49. The molecule has 150 valence electrons. The van der Waals surface area contributed by atoms with Gasteiger partial charge in [0.1, 0.15) is 0 Å². The number of rotatable bonds is 3. The summed E-state index contributed by atoms with van der Waals surface area (Å²) < 4.78 is 0. The van der Waals surface area contributed by atoms with Crippen LogP contribution in [0, 0.1) is 0 Å². The molecule has 0 unspecified atom stereocenters. The summed E-state index contributed by atoms with van der Waals surface area (Å²) in [5, 5.41) is 2.83. The Balaban J connectivity index is 1.40. The van der Waals surface area contributed by atoms with Gasteiger partial charge in [-0.15, -0.1) is 0 Å². The molecule has 2 aliphatic rings. The molecule has 2 aliphatic heterocycles. The molecule has 0 aliphatic carbocycles. The number of carbonyl (C=O) groups excluding carboxylic acids is 3. The van der Waals surface area contributed by atoms with Gasteiger partial charge in [0.2, 0.25) is 5.95 Å². The van der Waals surface area contributed by atoms with Gasteiger partial charge in [-0.3, -0.25) is 14.5 Å². The standard InChI is InChI=1S/C20H22N6O3/c1-13(2)26-17(27)15-5-4-14(12-16(15)18(26)28)23-20(29)25-10-8-24(9-11-25)19-21-6-3-7-22-19/h3-7,12-13H,8-11H2,1-2H3,(H,23,29). The first-order chi connectivity index (χ1) is 14.0. The Morgan fingerprint density at radius 3 is 2.31 bits per heavy atom. The van der Waals surface area contributed by atoms with Gasteiger partial charge in [0, 0.05) is 50.3 Å². The third-order valence-corrected chi connectivity index (χ3v) is 5.09. The first-order valence-electron chi connectivity index (χ1n) is 9.55. The molecule has 0 radical (unpaired) electrons. The second-order valence-corrected chi connectivity index (χ2v) is 7.29. The summed E-state index contributed by atoms with van der Waals surface area (Å²) >= 11 is 0. The molecule has 1 aromatic carbocycles. The SMILES string of the molecule is CC(C)N1C(=O)c2ccc(NC(=O)N3CCN(c4ncccn4)CC3)cc2C1=O. The maximum absolute atomic E-state index is 12.6. The van der Waals surface area contributed by atoms with E-state index in [-0.39, 0.29) is 23.9 Å². The van der Waals surface area contributed by atoms with Crippen LogP contribution in [0.25, 0.3) is 0 Å². The van der Waals surface area contributed by atoms with Crippen LogP contribution in [-0.2, 0) is 0 Å². The smallest absolute Gasteiger partial charge is 0.321 e. The first kappa shape index (κ1) is 18.9. The summed E-state index contributed by atoms with van der Waals surface area (Å²) in [5.74, 6) is 0.0359. The zero-order chi connectivity index (χ0) is 20.5. The van der Waals surface area contributed by atoms with Gasteiger partial charge in [0.05, 0.1) is 11.1 Å². The fourth-order valence-corrected chi connectivity index (χ4v) is 3.57. The number of hydrogen-bond acceptors (Lipinski definition) is 6. The Kier molecular flexibility index (Phi) is 4.87. The number of imide groups is 1. The molecule has 3 heterocycles. The monoisotopic (exact) mass is 394 g/mol. The van der Waals surface area contributed by atoms with E-state index in [1.165, 1.54) is 4.90 Å². The summed E-state index contributed by atoms with van der Waals surface area (Å²) in [7, 11) is 0. The normalized spacial score (nSPS) is 16.4. The van der Waals surface area contributed by atoms with Gasteiger partial charge in [0.15, 0.2) is 0 Å². The van der Waals surface area contributed by atoms with Crippen molar-refractivity contribution in [2.45, 2.75) is 19.9 Å². The zero-order valence-corrected chi connectivity index (χ0v) is 16.3. The molecule has 4 rings (SSSR count). The van der Waals surface area contributed by atoms with Crippen LogP contribution in [0.4, 0.5) is 16.4 Å². The van der Waals surface area contributed by atoms with Gasteiger partial charge in [-0.2, -0.15) is 0 Å². The van der Waals surface area contributed by atoms with Crippen LogP contribution in [-0.4, -0.2) is 69.8 Å². The molecule has 4 amide bonds. The van der Waals surface area contributed by atoms with Gasteiger partial charge in [0.25, 0.3) is 11.8 Å². The molecule has 9 nitrogen and oxygen atoms in total. The van der Waals surface area contributed by atoms with E-state index in [1.54, 1.807) is 55.4 Å². The van der Waals surface area contributed by atoms with Crippen molar-refractivity contribution < 1.29 is 14.4 Å². The van der Waals surface area contributed by atoms with E-state index in [0.717, 1.165) is 0 Å². The Morgan fingerprint density at radius 2 is 1.66 bits per heavy atom. The lowest BCUT2D eigenvalue weighted by Crippen LogP contribution is -2.50. The molecule has 0 saturated carbocycles. The number of nitrogens with zero attached hydrogens (tertiary/aromatic N) is 5. The summed E-state index contributed by atoms with van der Waals surface area (Å²) in [6.07, 6.45) is 3.39. The second-order valence-electron chi connectivity index (χ2n) is 7.29. The molecular weight excluding hydrogens is 372 g/mol. The van der Waals surface area contributed by atoms with Crippen LogP contribution >= 0.6 is 0 Å². The van der Waals surface area contributed by atoms with E-state index >= 15 is 0 Å². The van der Waals surface area contributed by atoms with Crippen molar-refractivity contribution in [1.82, 2.24) is 19.8 Å². The zero-order valence-electron chi connectivity index (χ0n) is 16.3. The quantitative estimate of drug-likeness (QED) is 0.798. The predicted molar refractivity (Wildman–Crippen MR) is 107 cm³/mol. The van der Waals surface area contributed by atoms with Crippen molar-refractivity contribution in [3.05, 3.63) is 47.8 Å². The number of nitrogens with one attached hydrogen (secondary N) is 1. The summed E-state index contributed by atoms with van der Waals surface area (Å²) in [4.78, 5) is 51.0.